The molecule has 0 spiro atoms. The summed E-state index contributed by atoms with van der Waals surface area (Å²) >= 11 is 0. The lowest BCUT2D eigenvalue weighted by Gasteiger charge is -2.25. The molecule has 0 aliphatic rings. The number of carbonyl (C=O) groups excluding carboxylic acids is 5. The molecule has 0 saturated carbocycles. The average molecular weight is 533 g/mol. The highest BCUT2D eigenvalue weighted by molar-refractivity contribution is 5.92. The predicted octanol–water partition coefficient (Wildman–Crippen LogP) is 0.497. The Morgan fingerprint density at radius 2 is 1.63 bits per heavy atom. The minimum atomic E-state index is -1.03. The molecule has 3 atom stereocenters. The maximum atomic E-state index is 13.4. The van der Waals surface area contributed by atoms with Crippen LogP contribution in [0.4, 0.5) is 0 Å². The quantitative estimate of drug-likeness (QED) is 0.143. The molecule has 6 N–H and O–H groups in total. The molecule has 1 rings (SSSR count). The van der Waals surface area contributed by atoms with Crippen molar-refractivity contribution in [2.24, 2.45) is 11.7 Å². The summed E-state index contributed by atoms with van der Waals surface area (Å²) in [5, 5.41) is 17.2. The number of ether oxygens (including phenoxy) is 1. The van der Waals surface area contributed by atoms with Gasteiger partial charge in [-0.1, -0.05) is 50.3 Å². The molecule has 0 aliphatic carbocycles. The summed E-state index contributed by atoms with van der Waals surface area (Å²) in [6.45, 7) is 5.28. The van der Waals surface area contributed by atoms with Crippen LogP contribution in [0.1, 0.15) is 52.0 Å². The molecular formula is C27H40N4O7. The second-order valence-corrected chi connectivity index (χ2v) is 9.21. The van der Waals surface area contributed by atoms with Crippen LogP contribution in [0.3, 0.4) is 0 Å². The molecule has 0 bridgehead atoms. The van der Waals surface area contributed by atoms with Gasteiger partial charge in [-0.2, -0.15) is 0 Å². The fourth-order valence-corrected chi connectivity index (χ4v) is 3.59. The molecule has 0 radical (unpaired) electrons. The number of nitrogens with two attached hydrogens (primary N) is 1. The van der Waals surface area contributed by atoms with Crippen LogP contribution in [0.15, 0.2) is 42.5 Å². The molecule has 1 aromatic carbocycles. The number of nitrogens with one attached hydrogen (secondary N) is 3. The second-order valence-electron chi connectivity index (χ2n) is 9.21. The Bertz CT molecular complexity index is 950. The number of carbonyl (C=O) groups is 5. The van der Waals surface area contributed by atoms with Gasteiger partial charge in [0, 0.05) is 31.4 Å². The third kappa shape index (κ3) is 13.5. The summed E-state index contributed by atoms with van der Waals surface area (Å²) in [5.74, 6) is -2.68. The Kier molecular flexibility index (Phi) is 15.0. The van der Waals surface area contributed by atoms with Crippen molar-refractivity contribution in [1.29, 1.82) is 0 Å². The maximum Gasteiger partial charge on any atom is 0.330 e. The Labute approximate surface area is 223 Å². The number of primary amides is 1. The van der Waals surface area contributed by atoms with Gasteiger partial charge in [-0.25, -0.2) is 4.79 Å². The van der Waals surface area contributed by atoms with Gasteiger partial charge < -0.3 is 31.5 Å². The first kappa shape index (κ1) is 32.3. The Balaban J connectivity index is 3.15. The van der Waals surface area contributed by atoms with E-state index in [-0.39, 0.29) is 44.8 Å². The van der Waals surface area contributed by atoms with E-state index in [2.05, 4.69) is 16.0 Å². The number of aliphatic hydroxyl groups excluding tert-OH is 1. The van der Waals surface area contributed by atoms with Gasteiger partial charge in [0.15, 0.2) is 0 Å². The normalized spacial score (nSPS) is 13.4. The number of hydrogen-bond acceptors (Lipinski definition) is 7. The molecule has 0 fully saturated rings. The van der Waals surface area contributed by atoms with Gasteiger partial charge in [0.05, 0.1) is 13.2 Å². The highest BCUT2D eigenvalue weighted by atomic mass is 16.5. The number of hydrogen-bond donors (Lipinski definition) is 5. The standard InChI is InChI=1S/C27H40N4O7/c1-4-38-25(35)13-11-20(10-12-23(28)33)29-26(36)22(17-19-8-6-5-7-9-19)31-27(37)21(16-18(2)3)30-24(34)14-15-32/h5-9,11,13,18,20-22,32H,4,10,12,14-17H2,1-3H3,(H2,28,33)(H,29,36)(H,30,34)(H,31,37)/b13-11+/t20-,21-,22-/m0/s1. The molecule has 0 unspecified atom stereocenters. The molecule has 0 heterocycles. The molecule has 1 aromatic rings. The zero-order valence-electron chi connectivity index (χ0n) is 22.3. The van der Waals surface area contributed by atoms with Crippen molar-refractivity contribution in [3.63, 3.8) is 0 Å². The summed E-state index contributed by atoms with van der Waals surface area (Å²) in [6.07, 6.45) is 3.00. The zero-order valence-corrected chi connectivity index (χ0v) is 22.3. The molecule has 38 heavy (non-hydrogen) atoms. The van der Waals surface area contributed by atoms with Crippen LogP contribution < -0.4 is 21.7 Å². The van der Waals surface area contributed by atoms with Crippen LogP contribution in [0.2, 0.25) is 0 Å². The number of benzene rings is 1. The molecule has 11 heteroatoms. The number of esters is 1. The Morgan fingerprint density at radius 1 is 0.974 bits per heavy atom. The molecule has 0 aromatic heterocycles. The topological polar surface area (TPSA) is 177 Å². The third-order valence-corrected chi connectivity index (χ3v) is 5.39. The van der Waals surface area contributed by atoms with Gasteiger partial charge in [0.2, 0.25) is 23.6 Å². The van der Waals surface area contributed by atoms with Crippen LogP contribution in [0.5, 0.6) is 0 Å². The Morgan fingerprint density at radius 3 is 2.21 bits per heavy atom. The molecule has 210 valence electrons. The van der Waals surface area contributed by atoms with E-state index in [0.717, 1.165) is 11.6 Å². The SMILES string of the molecule is CCOC(=O)/C=C/[C@H](CCC(N)=O)NC(=O)[C@H](Cc1ccccc1)NC(=O)[C@H](CC(C)C)NC(=O)CCO. The van der Waals surface area contributed by atoms with Crippen molar-refractivity contribution in [2.45, 2.75) is 71.0 Å². The van der Waals surface area contributed by atoms with Crippen molar-refractivity contribution in [2.75, 3.05) is 13.2 Å². The van der Waals surface area contributed by atoms with Gasteiger partial charge >= 0.3 is 5.97 Å². The van der Waals surface area contributed by atoms with E-state index in [0.29, 0.717) is 6.42 Å². The first-order valence-electron chi connectivity index (χ1n) is 12.7. The van der Waals surface area contributed by atoms with Gasteiger partial charge in [0.1, 0.15) is 12.1 Å². The van der Waals surface area contributed by atoms with Crippen LogP contribution in [0, 0.1) is 5.92 Å². The van der Waals surface area contributed by atoms with Crippen molar-refractivity contribution < 1.29 is 33.8 Å². The first-order chi connectivity index (χ1) is 18.0. The third-order valence-electron chi connectivity index (χ3n) is 5.39. The summed E-state index contributed by atoms with van der Waals surface area (Å²) < 4.78 is 4.87. The fourth-order valence-electron chi connectivity index (χ4n) is 3.59. The van der Waals surface area contributed by atoms with Crippen molar-refractivity contribution in [1.82, 2.24) is 16.0 Å². The smallest absolute Gasteiger partial charge is 0.330 e. The second kappa shape index (κ2) is 17.7. The van der Waals surface area contributed by atoms with Crippen LogP contribution in [-0.2, 0) is 35.1 Å². The molecule has 0 aliphatic heterocycles. The van der Waals surface area contributed by atoms with E-state index >= 15 is 0 Å². The summed E-state index contributed by atoms with van der Waals surface area (Å²) in [6, 6.07) is 6.40. The van der Waals surface area contributed by atoms with Crippen molar-refractivity contribution in [3.8, 4) is 0 Å². The molecular weight excluding hydrogens is 492 g/mol. The lowest BCUT2D eigenvalue weighted by Crippen LogP contribution is -2.55. The van der Waals surface area contributed by atoms with E-state index < -0.39 is 47.7 Å². The number of aliphatic hydroxyl groups is 1. The predicted molar refractivity (Wildman–Crippen MR) is 141 cm³/mol. The molecule has 11 nitrogen and oxygen atoms in total. The van der Waals surface area contributed by atoms with Gasteiger partial charge in [-0.15, -0.1) is 0 Å². The fraction of sp³-hybridized carbons (Fsp3) is 0.519. The molecule has 0 saturated heterocycles. The summed E-state index contributed by atoms with van der Waals surface area (Å²) in [4.78, 5) is 61.8. The largest absolute Gasteiger partial charge is 0.463 e. The van der Waals surface area contributed by atoms with Gasteiger partial charge in [0.25, 0.3) is 0 Å². The minimum Gasteiger partial charge on any atom is -0.463 e. The van der Waals surface area contributed by atoms with Crippen molar-refractivity contribution >= 4 is 29.6 Å². The molecule has 4 amide bonds. The van der Waals surface area contributed by atoms with Crippen LogP contribution in [0.25, 0.3) is 0 Å². The van der Waals surface area contributed by atoms with Gasteiger partial charge in [-0.05, 0) is 31.2 Å². The van der Waals surface area contributed by atoms with Crippen molar-refractivity contribution in [3.05, 3.63) is 48.0 Å². The first-order valence-corrected chi connectivity index (χ1v) is 12.7. The highest BCUT2D eigenvalue weighted by Gasteiger charge is 2.28. The van der Waals surface area contributed by atoms with Crippen LogP contribution in [-0.4, -0.2) is 66.0 Å². The average Bonchev–Trinajstić information content (AvgIpc) is 2.85. The summed E-state index contributed by atoms with van der Waals surface area (Å²) in [7, 11) is 0. The minimum absolute atomic E-state index is 0.0405. The summed E-state index contributed by atoms with van der Waals surface area (Å²) in [5.41, 5.74) is 6.05. The van der Waals surface area contributed by atoms with E-state index in [9.17, 15) is 24.0 Å². The maximum absolute atomic E-state index is 13.4. The Hall–Kier alpha value is -3.73. The monoisotopic (exact) mass is 532 g/mol. The van der Waals surface area contributed by atoms with Crippen LogP contribution >= 0.6 is 0 Å². The lowest BCUT2D eigenvalue weighted by atomic mass is 10.0. The van der Waals surface area contributed by atoms with Gasteiger partial charge in [-0.3, -0.25) is 19.2 Å². The number of rotatable bonds is 17. The number of amides is 4. The lowest BCUT2D eigenvalue weighted by molar-refractivity contribution is -0.137. The van der Waals surface area contributed by atoms with E-state index in [1.54, 1.807) is 19.1 Å². The zero-order chi connectivity index (χ0) is 28.5. The van der Waals surface area contributed by atoms with E-state index in [4.69, 9.17) is 15.6 Å². The van der Waals surface area contributed by atoms with E-state index in [1.165, 1.54) is 6.08 Å². The van der Waals surface area contributed by atoms with E-state index in [1.807, 2.05) is 32.0 Å². The highest BCUT2D eigenvalue weighted by Crippen LogP contribution is 2.09.